The number of nitrogens with zero attached hydrogens (tertiary/aromatic N) is 1. The second-order valence-electron chi connectivity index (χ2n) is 6.30. The average Bonchev–Trinajstić information content (AvgIpc) is 2.45. The van der Waals surface area contributed by atoms with Crippen molar-refractivity contribution in [1.82, 2.24) is 9.62 Å². The molecule has 1 fully saturated rings. The van der Waals surface area contributed by atoms with Crippen LogP contribution in [0.15, 0.2) is 29.2 Å². The fourth-order valence-electron chi connectivity index (χ4n) is 2.71. The van der Waals surface area contributed by atoms with E-state index in [9.17, 15) is 13.2 Å². The van der Waals surface area contributed by atoms with E-state index in [4.69, 9.17) is 0 Å². The zero-order valence-electron chi connectivity index (χ0n) is 13.4. The lowest BCUT2D eigenvalue weighted by Gasteiger charge is -2.31. The predicted octanol–water partition coefficient (Wildman–Crippen LogP) is 2.25. The molecule has 1 aromatic rings. The molecule has 0 spiro atoms. The Morgan fingerprint density at radius 3 is 2.45 bits per heavy atom. The lowest BCUT2D eigenvalue weighted by molar-refractivity contribution is 0.0683. The van der Waals surface area contributed by atoms with Gasteiger partial charge in [-0.25, -0.2) is 13.1 Å². The predicted molar refractivity (Wildman–Crippen MR) is 86.2 cm³/mol. The van der Waals surface area contributed by atoms with Gasteiger partial charge < -0.3 is 4.90 Å². The highest BCUT2D eigenvalue weighted by Crippen LogP contribution is 2.19. The third-order valence-electron chi connectivity index (χ3n) is 3.75. The zero-order valence-corrected chi connectivity index (χ0v) is 14.2. The number of benzene rings is 1. The Morgan fingerprint density at radius 2 is 1.91 bits per heavy atom. The molecule has 1 amide bonds. The number of carbonyl (C=O) groups is 1. The molecule has 0 bridgehead atoms. The second kappa shape index (κ2) is 6.79. The van der Waals surface area contributed by atoms with Crippen LogP contribution in [0.5, 0.6) is 0 Å². The van der Waals surface area contributed by atoms with E-state index >= 15 is 0 Å². The molecular formula is C16H24N2O3S. The average molecular weight is 324 g/mol. The van der Waals surface area contributed by atoms with Crippen molar-refractivity contribution in [3.63, 3.8) is 0 Å². The molecule has 1 aromatic carbocycles. The molecule has 0 aromatic heterocycles. The van der Waals surface area contributed by atoms with Gasteiger partial charge in [0.2, 0.25) is 10.0 Å². The number of sulfonamides is 1. The highest BCUT2D eigenvalue weighted by molar-refractivity contribution is 7.89. The maximum Gasteiger partial charge on any atom is 0.253 e. The van der Waals surface area contributed by atoms with Crippen molar-refractivity contribution in [2.45, 2.75) is 44.6 Å². The largest absolute Gasteiger partial charge is 0.338 e. The molecule has 1 unspecified atom stereocenters. The van der Waals surface area contributed by atoms with E-state index in [-0.39, 0.29) is 16.8 Å². The number of piperidine rings is 1. The Balaban J connectivity index is 2.13. The first-order chi connectivity index (χ1) is 10.3. The molecule has 0 saturated carbocycles. The number of carbonyl (C=O) groups excluding carboxylic acids is 1. The molecule has 22 heavy (non-hydrogen) atoms. The molecule has 1 saturated heterocycles. The van der Waals surface area contributed by atoms with Gasteiger partial charge in [0, 0.05) is 24.7 Å². The minimum absolute atomic E-state index is 0.0210. The Hall–Kier alpha value is -1.40. The number of likely N-dealkylation sites (tertiary alicyclic amines) is 1. The molecule has 122 valence electrons. The topological polar surface area (TPSA) is 66.5 Å². The van der Waals surface area contributed by atoms with Crippen LogP contribution in [0.2, 0.25) is 0 Å². The smallest absolute Gasteiger partial charge is 0.253 e. The SMILES string of the molecule is CC1CCCN(C(=O)c2ccc(S(=O)(=O)NC(C)C)cc2)C1. The lowest BCUT2D eigenvalue weighted by atomic mass is 9.99. The zero-order chi connectivity index (χ0) is 16.3. The Morgan fingerprint density at radius 1 is 1.27 bits per heavy atom. The number of hydrogen-bond acceptors (Lipinski definition) is 3. The molecule has 1 heterocycles. The van der Waals surface area contributed by atoms with Crippen molar-refractivity contribution in [1.29, 1.82) is 0 Å². The van der Waals surface area contributed by atoms with E-state index in [0.29, 0.717) is 11.5 Å². The van der Waals surface area contributed by atoms with E-state index in [1.54, 1.807) is 26.0 Å². The molecule has 6 heteroatoms. The molecule has 1 atom stereocenters. The molecule has 2 rings (SSSR count). The summed E-state index contributed by atoms with van der Waals surface area (Å²) in [5.74, 6) is 0.500. The molecule has 0 aliphatic carbocycles. The van der Waals surface area contributed by atoms with Gasteiger partial charge in [0.25, 0.3) is 5.91 Å². The summed E-state index contributed by atoms with van der Waals surface area (Å²) in [6, 6.07) is 6.00. The van der Waals surface area contributed by atoms with Crippen LogP contribution >= 0.6 is 0 Å². The number of amides is 1. The summed E-state index contributed by atoms with van der Waals surface area (Å²) in [4.78, 5) is 14.5. The summed E-state index contributed by atoms with van der Waals surface area (Å²) in [6.07, 6.45) is 2.18. The maximum atomic E-state index is 12.4. The quantitative estimate of drug-likeness (QED) is 0.924. The summed E-state index contributed by atoms with van der Waals surface area (Å²) < 4.78 is 26.7. The van der Waals surface area contributed by atoms with Gasteiger partial charge >= 0.3 is 0 Å². The monoisotopic (exact) mass is 324 g/mol. The van der Waals surface area contributed by atoms with Crippen LogP contribution in [0.1, 0.15) is 44.0 Å². The van der Waals surface area contributed by atoms with Crippen molar-refractivity contribution >= 4 is 15.9 Å². The van der Waals surface area contributed by atoms with Crippen molar-refractivity contribution in [3.8, 4) is 0 Å². The summed E-state index contributed by atoms with van der Waals surface area (Å²) in [5, 5.41) is 0. The van der Waals surface area contributed by atoms with Crippen LogP contribution in [0.3, 0.4) is 0 Å². The van der Waals surface area contributed by atoms with Gasteiger partial charge in [-0.3, -0.25) is 4.79 Å². The standard InChI is InChI=1S/C16H24N2O3S/c1-12(2)17-22(20,21)15-8-6-14(7-9-15)16(19)18-10-4-5-13(3)11-18/h6-9,12-13,17H,4-5,10-11H2,1-3H3. The van der Waals surface area contributed by atoms with Gasteiger partial charge in [-0.05, 0) is 56.9 Å². The van der Waals surface area contributed by atoms with Crippen LogP contribution in [0, 0.1) is 5.92 Å². The maximum absolute atomic E-state index is 12.4. The first-order valence-electron chi connectivity index (χ1n) is 7.71. The van der Waals surface area contributed by atoms with Gasteiger partial charge in [-0.1, -0.05) is 6.92 Å². The van der Waals surface area contributed by atoms with E-state index in [1.807, 2.05) is 4.90 Å². The van der Waals surface area contributed by atoms with Crippen LogP contribution < -0.4 is 4.72 Å². The number of hydrogen-bond donors (Lipinski definition) is 1. The molecule has 5 nitrogen and oxygen atoms in total. The van der Waals surface area contributed by atoms with Crippen LogP contribution in [0.25, 0.3) is 0 Å². The van der Waals surface area contributed by atoms with Crippen LogP contribution in [-0.4, -0.2) is 38.4 Å². The lowest BCUT2D eigenvalue weighted by Crippen LogP contribution is -2.39. The third kappa shape index (κ3) is 4.08. The van der Waals surface area contributed by atoms with E-state index in [1.165, 1.54) is 12.1 Å². The highest BCUT2D eigenvalue weighted by Gasteiger charge is 2.22. The molecule has 1 aliphatic heterocycles. The van der Waals surface area contributed by atoms with Gasteiger partial charge in [0.15, 0.2) is 0 Å². The van der Waals surface area contributed by atoms with Crippen molar-refractivity contribution < 1.29 is 13.2 Å². The van der Waals surface area contributed by atoms with Gasteiger partial charge in [0.1, 0.15) is 0 Å². The van der Waals surface area contributed by atoms with Crippen LogP contribution in [-0.2, 0) is 10.0 Å². The summed E-state index contributed by atoms with van der Waals surface area (Å²) >= 11 is 0. The van der Waals surface area contributed by atoms with E-state index in [0.717, 1.165) is 25.9 Å². The fourth-order valence-corrected chi connectivity index (χ4v) is 3.96. The molecule has 1 N–H and O–H groups in total. The van der Waals surface area contributed by atoms with Gasteiger partial charge in [0.05, 0.1) is 4.90 Å². The summed E-state index contributed by atoms with van der Waals surface area (Å²) in [6.45, 7) is 7.23. The summed E-state index contributed by atoms with van der Waals surface area (Å²) in [7, 11) is -3.51. The minimum atomic E-state index is -3.51. The molecule has 1 aliphatic rings. The van der Waals surface area contributed by atoms with Crippen molar-refractivity contribution in [3.05, 3.63) is 29.8 Å². The van der Waals surface area contributed by atoms with E-state index in [2.05, 4.69) is 11.6 Å². The third-order valence-corrected chi connectivity index (χ3v) is 5.42. The van der Waals surface area contributed by atoms with Gasteiger partial charge in [-0.15, -0.1) is 0 Å². The molecular weight excluding hydrogens is 300 g/mol. The van der Waals surface area contributed by atoms with Gasteiger partial charge in [-0.2, -0.15) is 0 Å². The van der Waals surface area contributed by atoms with E-state index < -0.39 is 10.0 Å². The first-order valence-corrected chi connectivity index (χ1v) is 9.19. The van der Waals surface area contributed by atoms with Crippen molar-refractivity contribution in [2.24, 2.45) is 5.92 Å². The highest BCUT2D eigenvalue weighted by atomic mass is 32.2. The Labute approximate surface area is 132 Å². The van der Waals surface area contributed by atoms with Crippen molar-refractivity contribution in [2.75, 3.05) is 13.1 Å². The minimum Gasteiger partial charge on any atom is -0.338 e. The van der Waals surface area contributed by atoms with Crippen LogP contribution in [0.4, 0.5) is 0 Å². The molecule has 0 radical (unpaired) electrons. The Kier molecular flexibility index (Phi) is 5.24. The number of rotatable bonds is 4. The fraction of sp³-hybridized carbons (Fsp3) is 0.562. The Bertz CT molecular complexity index is 623. The first kappa shape index (κ1) is 17.0. The normalized spacial score (nSPS) is 19.5. The number of nitrogens with one attached hydrogen (secondary N) is 1. The summed E-state index contributed by atoms with van der Waals surface area (Å²) in [5.41, 5.74) is 0.539. The second-order valence-corrected chi connectivity index (χ2v) is 8.01.